The first-order chi connectivity index (χ1) is 7.04. The smallest absolute Gasteiger partial charge is 0.337 e. The van der Waals surface area contributed by atoms with Gasteiger partial charge in [0.2, 0.25) is 0 Å². The van der Waals surface area contributed by atoms with Gasteiger partial charge in [0, 0.05) is 0 Å². The van der Waals surface area contributed by atoms with Crippen molar-refractivity contribution >= 4 is 28.2 Å². The number of hydrogen-bond acceptors (Lipinski definition) is 3. The Hall–Kier alpha value is -0.476. The summed E-state index contributed by atoms with van der Waals surface area (Å²) in [7, 11) is -6.06. The highest BCUT2D eigenvalue weighted by molar-refractivity contribution is 8.13. The van der Waals surface area contributed by atoms with Crippen molar-refractivity contribution in [2.24, 2.45) is 0 Å². The zero-order valence-corrected chi connectivity index (χ0v) is 12.4. The molecule has 0 aromatic heterocycles. The van der Waals surface area contributed by atoms with Crippen LogP contribution in [0.2, 0.25) is 6.04 Å². The predicted molar refractivity (Wildman–Crippen MR) is 64.7 cm³/mol. The van der Waals surface area contributed by atoms with Crippen LogP contribution in [0.25, 0.3) is 0 Å². The Kier molecular flexibility index (Phi) is 4.67. The largest absolute Gasteiger partial charge is 0.454 e. The summed E-state index contributed by atoms with van der Waals surface area (Å²) in [4.78, 5) is 0. The first-order valence-electron chi connectivity index (χ1n) is 4.57. The molecule has 1 N–H and O–H groups in total. The van der Waals surface area contributed by atoms with E-state index in [9.17, 15) is 8.42 Å². The molecule has 0 aliphatic heterocycles. The van der Waals surface area contributed by atoms with Crippen LogP contribution in [0.3, 0.4) is 0 Å². The average molecular weight is 262 g/mol. The van der Waals surface area contributed by atoms with Crippen LogP contribution in [0.5, 0.6) is 0 Å². The summed E-state index contributed by atoms with van der Waals surface area (Å²) < 4.78 is 35.7. The van der Waals surface area contributed by atoms with Crippen molar-refractivity contribution in [2.45, 2.75) is 12.5 Å². The maximum Gasteiger partial charge on any atom is 0.337 e. The summed E-state index contributed by atoms with van der Waals surface area (Å²) in [6.45, 7) is 0. The third kappa shape index (κ3) is 4.26. The lowest BCUT2D eigenvalue weighted by Crippen LogP contribution is -2.28. The maximum absolute atomic E-state index is 10.9. The molecule has 84 valence electrons. The molecule has 0 aliphatic rings. The normalized spacial score (nSPS) is 13.9. The molecule has 0 spiro atoms. The standard InChI is InChI=1S/C8H14O4SSi2/c9-13(10,11)15(12-14)7-6-8-4-2-1-3-5-8/h1-5,15H,6-7H2,14H3,(H,9,10,11). The van der Waals surface area contributed by atoms with E-state index in [4.69, 9.17) is 8.67 Å². The summed E-state index contributed by atoms with van der Waals surface area (Å²) in [5.41, 5.74) is 1.07. The molecule has 0 fully saturated rings. The molecule has 7 heteroatoms. The van der Waals surface area contributed by atoms with Gasteiger partial charge in [-0.2, -0.15) is 0 Å². The summed E-state index contributed by atoms with van der Waals surface area (Å²) >= 11 is 0. The van der Waals surface area contributed by atoms with Gasteiger partial charge in [0.1, 0.15) is 10.5 Å². The van der Waals surface area contributed by atoms with Gasteiger partial charge in [-0.15, -0.1) is 0 Å². The molecule has 0 heterocycles. The van der Waals surface area contributed by atoms with Crippen LogP contribution in [-0.4, -0.2) is 31.6 Å². The van der Waals surface area contributed by atoms with Crippen LogP contribution in [-0.2, 0) is 20.1 Å². The van der Waals surface area contributed by atoms with E-state index in [2.05, 4.69) is 0 Å². The van der Waals surface area contributed by atoms with Gasteiger partial charge in [0.15, 0.2) is 0 Å². The number of aryl methyl sites for hydroxylation is 1. The van der Waals surface area contributed by atoms with Crippen LogP contribution in [0.15, 0.2) is 30.3 Å². The molecule has 1 atom stereocenters. The van der Waals surface area contributed by atoms with Gasteiger partial charge < -0.3 is 4.12 Å². The Morgan fingerprint density at radius 1 is 1.33 bits per heavy atom. The molecule has 1 unspecified atom stereocenters. The van der Waals surface area contributed by atoms with E-state index < -0.39 is 17.8 Å². The lowest BCUT2D eigenvalue weighted by molar-refractivity contribution is 0.489. The minimum Gasteiger partial charge on any atom is -0.454 e. The molecule has 4 nitrogen and oxygen atoms in total. The molecule has 0 saturated heterocycles. The minimum atomic E-state index is -3.93. The van der Waals surface area contributed by atoms with Crippen molar-refractivity contribution in [3.05, 3.63) is 35.9 Å². The van der Waals surface area contributed by atoms with E-state index in [1.807, 2.05) is 30.3 Å². The summed E-state index contributed by atoms with van der Waals surface area (Å²) in [5.74, 6) is 0. The fourth-order valence-corrected chi connectivity index (χ4v) is 7.54. The van der Waals surface area contributed by atoms with Crippen LogP contribution in [0.1, 0.15) is 5.56 Å². The molecule has 0 saturated carbocycles. The van der Waals surface area contributed by atoms with E-state index in [0.717, 1.165) is 5.56 Å². The molecule has 1 aromatic carbocycles. The molecule has 1 aromatic rings. The van der Waals surface area contributed by atoms with E-state index in [-0.39, 0.29) is 0 Å². The number of hydrogen-bond donors (Lipinski definition) is 1. The Labute approximate surface area is 93.9 Å². The predicted octanol–water partition coefficient (Wildman–Crippen LogP) is -0.366. The molecular formula is C8H14O4SSi2. The summed E-state index contributed by atoms with van der Waals surface area (Å²) in [5, 5.41) is 0. The molecule has 0 amide bonds. The lowest BCUT2D eigenvalue weighted by atomic mass is 10.2. The minimum absolute atomic E-state index is 0.352. The first-order valence-corrected chi connectivity index (χ1v) is 9.59. The van der Waals surface area contributed by atoms with E-state index in [1.54, 1.807) is 0 Å². The van der Waals surface area contributed by atoms with E-state index in [1.165, 1.54) is 0 Å². The third-order valence-corrected chi connectivity index (χ3v) is 10.1. The Bertz CT molecular complexity index is 392. The van der Waals surface area contributed by atoms with Crippen molar-refractivity contribution in [3.8, 4) is 0 Å². The SMILES string of the molecule is O=S(=O)(O)[SiH](CCc1ccccc1)O[SiH3]. The number of benzene rings is 1. The molecule has 0 bridgehead atoms. The van der Waals surface area contributed by atoms with Crippen molar-refractivity contribution in [1.29, 1.82) is 0 Å². The van der Waals surface area contributed by atoms with Crippen molar-refractivity contribution in [1.82, 2.24) is 0 Å². The van der Waals surface area contributed by atoms with Gasteiger partial charge >= 0.3 is 8.19 Å². The summed E-state index contributed by atoms with van der Waals surface area (Å²) in [6, 6.07) is 10.0. The Morgan fingerprint density at radius 2 is 1.93 bits per heavy atom. The monoisotopic (exact) mass is 262 g/mol. The van der Waals surface area contributed by atoms with Gasteiger partial charge in [-0.25, -0.2) is 8.42 Å². The van der Waals surface area contributed by atoms with Gasteiger partial charge in [-0.05, 0) is 18.0 Å². The molecular weight excluding hydrogens is 248 g/mol. The van der Waals surface area contributed by atoms with Crippen molar-refractivity contribution in [3.63, 3.8) is 0 Å². The Morgan fingerprint density at radius 3 is 2.40 bits per heavy atom. The average Bonchev–Trinajstić information content (AvgIpc) is 2.18. The first kappa shape index (κ1) is 12.6. The second-order valence-electron chi connectivity index (χ2n) is 3.20. The third-order valence-electron chi connectivity index (χ3n) is 2.11. The Balaban J connectivity index is 2.56. The van der Waals surface area contributed by atoms with Gasteiger partial charge in [0.05, 0.1) is 0 Å². The van der Waals surface area contributed by atoms with Crippen LogP contribution >= 0.6 is 0 Å². The second kappa shape index (κ2) is 5.56. The molecule has 0 radical (unpaired) electrons. The van der Waals surface area contributed by atoms with Gasteiger partial charge in [-0.3, -0.25) is 4.55 Å². The van der Waals surface area contributed by atoms with Crippen molar-refractivity contribution < 1.29 is 17.1 Å². The maximum atomic E-state index is 10.9. The van der Waals surface area contributed by atoms with Gasteiger partial charge in [-0.1, -0.05) is 30.3 Å². The quantitative estimate of drug-likeness (QED) is 0.581. The van der Waals surface area contributed by atoms with Gasteiger partial charge in [0.25, 0.3) is 9.57 Å². The topological polar surface area (TPSA) is 63.6 Å². The van der Waals surface area contributed by atoms with Crippen LogP contribution in [0.4, 0.5) is 0 Å². The van der Waals surface area contributed by atoms with E-state index >= 15 is 0 Å². The highest BCUT2D eigenvalue weighted by Gasteiger charge is 2.25. The van der Waals surface area contributed by atoms with E-state index in [0.29, 0.717) is 23.0 Å². The zero-order chi connectivity index (χ0) is 11.3. The zero-order valence-electron chi connectivity index (χ0n) is 8.46. The fourth-order valence-electron chi connectivity index (χ4n) is 1.32. The van der Waals surface area contributed by atoms with Crippen molar-refractivity contribution in [2.75, 3.05) is 0 Å². The molecule has 0 aliphatic carbocycles. The second-order valence-corrected chi connectivity index (χ2v) is 10.9. The number of rotatable bonds is 5. The van der Waals surface area contributed by atoms with Crippen LogP contribution in [0, 0.1) is 0 Å². The fraction of sp³-hybridized carbons (Fsp3) is 0.250. The van der Waals surface area contributed by atoms with Crippen LogP contribution < -0.4 is 0 Å². The highest BCUT2D eigenvalue weighted by Crippen LogP contribution is 2.08. The highest BCUT2D eigenvalue weighted by atomic mass is 32.4. The molecule has 1 rings (SSSR count). The summed E-state index contributed by atoms with van der Waals surface area (Å²) in [6.07, 6.45) is 0.639. The molecule has 15 heavy (non-hydrogen) atoms. The lowest BCUT2D eigenvalue weighted by Gasteiger charge is -2.09.